The Balaban J connectivity index is 0.00000261. The fourth-order valence-corrected chi connectivity index (χ4v) is 3.57. The van der Waals surface area contributed by atoms with Crippen molar-refractivity contribution in [2.24, 2.45) is 16.8 Å². The van der Waals surface area contributed by atoms with E-state index < -0.39 is 0 Å². The predicted octanol–water partition coefficient (Wildman–Crippen LogP) is 3.77. The van der Waals surface area contributed by atoms with E-state index in [0.717, 1.165) is 29.2 Å². The lowest BCUT2D eigenvalue weighted by molar-refractivity contribution is 0.250. The molecule has 0 unspecified atom stereocenters. The minimum Gasteiger partial charge on any atom is -0.354 e. The fraction of sp³-hybridized carbons (Fsp3) is 0.550. The van der Waals surface area contributed by atoms with Gasteiger partial charge in [-0.05, 0) is 49.1 Å². The lowest BCUT2D eigenvalue weighted by Gasteiger charge is -2.32. The van der Waals surface area contributed by atoms with Gasteiger partial charge in [0.15, 0.2) is 5.96 Å². The largest absolute Gasteiger partial charge is 0.354 e. The van der Waals surface area contributed by atoms with E-state index in [1.54, 1.807) is 12.5 Å². The van der Waals surface area contributed by atoms with E-state index >= 15 is 0 Å². The van der Waals surface area contributed by atoms with Gasteiger partial charge in [0.1, 0.15) is 12.1 Å². The molecule has 0 aromatic carbocycles. The summed E-state index contributed by atoms with van der Waals surface area (Å²) in [6, 6.07) is 4.61. The van der Waals surface area contributed by atoms with E-state index in [-0.39, 0.29) is 24.0 Å². The zero-order valence-corrected chi connectivity index (χ0v) is 18.8. The van der Waals surface area contributed by atoms with Gasteiger partial charge in [-0.15, -0.1) is 24.0 Å². The number of imidazole rings is 1. The number of hydrogen-bond donors (Lipinski definition) is 2. The molecule has 7 heteroatoms. The second kappa shape index (κ2) is 10.6. The molecule has 0 atom stereocenters. The highest BCUT2D eigenvalue weighted by molar-refractivity contribution is 14.0. The highest BCUT2D eigenvalue weighted by Crippen LogP contribution is 2.29. The zero-order chi connectivity index (χ0) is 18.4. The Morgan fingerprint density at radius 2 is 2.04 bits per heavy atom. The van der Waals surface area contributed by atoms with E-state index in [0.29, 0.717) is 12.6 Å². The van der Waals surface area contributed by atoms with Crippen LogP contribution >= 0.6 is 24.0 Å². The van der Waals surface area contributed by atoms with Crippen LogP contribution in [0, 0.1) is 11.8 Å². The molecule has 2 aromatic heterocycles. The topological polar surface area (TPSA) is 67.1 Å². The number of rotatable bonds is 5. The number of aromatic nitrogens is 3. The minimum atomic E-state index is 0. The fourth-order valence-electron chi connectivity index (χ4n) is 3.57. The Morgan fingerprint density at radius 3 is 2.59 bits per heavy atom. The Kier molecular flexibility index (Phi) is 8.53. The van der Waals surface area contributed by atoms with Gasteiger partial charge in [0.2, 0.25) is 0 Å². The SMILES string of the molecule is CN=C(NCc1ccc(-n2ccnc2)nc1)NC1CCC(C(C)C)CC1.I. The number of nitrogens with one attached hydrogen (secondary N) is 2. The molecule has 148 valence electrons. The number of guanidine groups is 1. The van der Waals surface area contributed by atoms with E-state index in [4.69, 9.17) is 0 Å². The average Bonchev–Trinajstić information content (AvgIpc) is 3.20. The molecular weight excluding hydrogens is 451 g/mol. The summed E-state index contributed by atoms with van der Waals surface area (Å²) in [6.45, 7) is 5.38. The molecule has 0 aliphatic heterocycles. The highest BCUT2D eigenvalue weighted by atomic mass is 127. The standard InChI is InChI=1S/C20H30N6.HI/c1-15(2)17-5-7-18(8-6-17)25-20(21-3)24-13-16-4-9-19(23-12-16)26-11-10-22-14-26;/h4,9-12,14-15,17-18H,5-8,13H2,1-3H3,(H2,21,24,25);1H. The Morgan fingerprint density at radius 1 is 1.26 bits per heavy atom. The summed E-state index contributed by atoms with van der Waals surface area (Å²) in [7, 11) is 1.83. The van der Waals surface area contributed by atoms with Crippen molar-refractivity contribution >= 4 is 29.9 Å². The lowest BCUT2D eigenvalue weighted by atomic mass is 9.80. The van der Waals surface area contributed by atoms with Gasteiger partial charge in [-0.25, -0.2) is 9.97 Å². The first kappa shape index (κ1) is 21.7. The van der Waals surface area contributed by atoms with E-state index in [1.807, 2.05) is 30.1 Å². The molecule has 0 spiro atoms. The van der Waals surface area contributed by atoms with Crippen LogP contribution in [0.25, 0.3) is 5.82 Å². The van der Waals surface area contributed by atoms with Crippen LogP contribution in [0.2, 0.25) is 0 Å². The molecule has 2 aromatic rings. The normalized spacial score (nSPS) is 20.2. The first-order valence-corrected chi connectivity index (χ1v) is 9.56. The first-order valence-electron chi connectivity index (χ1n) is 9.56. The number of hydrogen-bond acceptors (Lipinski definition) is 3. The van der Waals surface area contributed by atoms with Crippen molar-refractivity contribution in [1.29, 1.82) is 0 Å². The molecule has 0 radical (unpaired) electrons. The summed E-state index contributed by atoms with van der Waals surface area (Å²) < 4.78 is 1.89. The summed E-state index contributed by atoms with van der Waals surface area (Å²) in [5, 5.41) is 6.98. The molecule has 1 aliphatic rings. The van der Waals surface area contributed by atoms with Gasteiger partial charge >= 0.3 is 0 Å². The van der Waals surface area contributed by atoms with Gasteiger partial charge in [-0.2, -0.15) is 0 Å². The summed E-state index contributed by atoms with van der Waals surface area (Å²) in [4.78, 5) is 12.9. The minimum absolute atomic E-state index is 0. The molecule has 1 fully saturated rings. The molecule has 0 saturated heterocycles. The Bertz CT molecular complexity index is 688. The predicted molar refractivity (Wildman–Crippen MR) is 121 cm³/mol. The maximum absolute atomic E-state index is 4.49. The molecule has 3 rings (SSSR count). The quantitative estimate of drug-likeness (QED) is 0.387. The van der Waals surface area contributed by atoms with Crippen LogP contribution in [0.5, 0.6) is 0 Å². The first-order chi connectivity index (χ1) is 12.7. The number of nitrogens with zero attached hydrogens (tertiary/aromatic N) is 4. The summed E-state index contributed by atoms with van der Waals surface area (Å²) in [5.41, 5.74) is 1.13. The number of pyridine rings is 1. The third-order valence-corrected chi connectivity index (χ3v) is 5.32. The molecule has 1 aliphatic carbocycles. The monoisotopic (exact) mass is 482 g/mol. The van der Waals surface area contributed by atoms with Gasteiger partial charge in [0.05, 0.1) is 0 Å². The smallest absolute Gasteiger partial charge is 0.191 e. The Hall–Kier alpha value is -1.64. The summed E-state index contributed by atoms with van der Waals surface area (Å²) in [5.74, 6) is 3.42. The van der Waals surface area contributed by atoms with Gasteiger partial charge < -0.3 is 10.6 Å². The number of aliphatic imine (C=N–C) groups is 1. The summed E-state index contributed by atoms with van der Waals surface area (Å²) >= 11 is 0. The van der Waals surface area contributed by atoms with Crippen molar-refractivity contribution in [2.75, 3.05) is 7.05 Å². The van der Waals surface area contributed by atoms with Crippen LogP contribution in [-0.4, -0.2) is 33.6 Å². The molecular formula is C20H31IN6. The van der Waals surface area contributed by atoms with Crippen molar-refractivity contribution in [3.8, 4) is 5.82 Å². The van der Waals surface area contributed by atoms with Crippen LogP contribution in [0.1, 0.15) is 45.1 Å². The van der Waals surface area contributed by atoms with Crippen molar-refractivity contribution in [1.82, 2.24) is 25.2 Å². The van der Waals surface area contributed by atoms with Crippen molar-refractivity contribution in [3.63, 3.8) is 0 Å². The second-order valence-corrected chi connectivity index (χ2v) is 7.42. The van der Waals surface area contributed by atoms with E-state index in [9.17, 15) is 0 Å². The van der Waals surface area contributed by atoms with E-state index in [2.05, 4.69) is 45.5 Å². The molecule has 0 amide bonds. The van der Waals surface area contributed by atoms with Gasteiger partial charge in [-0.3, -0.25) is 9.56 Å². The van der Waals surface area contributed by atoms with E-state index in [1.165, 1.54) is 25.7 Å². The molecule has 1 saturated carbocycles. The Labute approximate surface area is 179 Å². The van der Waals surface area contributed by atoms with Crippen molar-refractivity contribution in [3.05, 3.63) is 42.6 Å². The van der Waals surface area contributed by atoms with Crippen molar-refractivity contribution in [2.45, 2.75) is 52.1 Å². The highest BCUT2D eigenvalue weighted by Gasteiger charge is 2.23. The van der Waals surface area contributed by atoms with Gasteiger partial charge in [0, 0.05) is 38.2 Å². The van der Waals surface area contributed by atoms with Crippen LogP contribution in [0.4, 0.5) is 0 Å². The molecule has 0 bridgehead atoms. The van der Waals surface area contributed by atoms with Crippen molar-refractivity contribution < 1.29 is 0 Å². The molecule has 27 heavy (non-hydrogen) atoms. The molecule has 2 heterocycles. The van der Waals surface area contributed by atoms with Gasteiger partial charge in [0.25, 0.3) is 0 Å². The zero-order valence-electron chi connectivity index (χ0n) is 16.4. The molecule has 2 N–H and O–H groups in total. The number of halogens is 1. The average molecular weight is 482 g/mol. The maximum atomic E-state index is 4.49. The lowest BCUT2D eigenvalue weighted by Crippen LogP contribution is -2.44. The second-order valence-electron chi connectivity index (χ2n) is 7.42. The van der Waals surface area contributed by atoms with Crippen LogP contribution in [-0.2, 0) is 6.54 Å². The van der Waals surface area contributed by atoms with Crippen LogP contribution in [0.3, 0.4) is 0 Å². The third kappa shape index (κ3) is 6.19. The maximum Gasteiger partial charge on any atom is 0.191 e. The summed E-state index contributed by atoms with van der Waals surface area (Å²) in [6.07, 6.45) is 12.4. The third-order valence-electron chi connectivity index (χ3n) is 5.32. The van der Waals surface area contributed by atoms with Crippen LogP contribution in [0.15, 0.2) is 42.0 Å². The molecule has 6 nitrogen and oxygen atoms in total. The van der Waals surface area contributed by atoms with Crippen LogP contribution < -0.4 is 10.6 Å². The van der Waals surface area contributed by atoms with Gasteiger partial charge in [-0.1, -0.05) is 19.9 Å².